The SMILES string of the molecule is CCOC(CC)c1nc(CC)c(CNC)s1. The summed E-state index contributed by atoms with van der Waals surface area (Å²) in [5.41, 5.74) is 1.22. The third-order valence-corrected chi connectivity index (χ3v) is 3.67. The lowest BCUT2D eigenvalue weighted by Crippen LogP contribution is -2.05. The number of aromatic nitrogens is 1. The fraction of sp³-hybridized carbons (Fsp3) is 0.750. The van der Waals surface area contributed by atoms with Crippen molar-refractivity contribution in [2.75, 3.05) is 13.7 Å². The van der Waals surface area contributed by atoms with E-state index in [-0.39, 0.29) is 6.10 Å². The number of hydrogen-bond donors (Lipinski definition) is 1. The Morgan fingerprint density at radius 1 is 1.38 bits per heavy atom. The first-order chi connectivity index (χ1) is 7.76. The average molecular weight is 242 g/mol. The molecule has 0 aliphatic carbocycles. The lowest BCUT2D eigenvalue weighted by molar-refractivity contribution is 0.0595. The minimum Gasteiger partial charge on any atom is -0.371 e. The van der Waals surface area contributed by atoms with Crippen molar-refractivity contribution in [1.29, 1.82) is 0 Å². The van der Waals surface area contributed by atoms with Gasteiger partial charge in [-0.05, 0) is 26.8 Å². The maximum atomic E-state index is 5.70. The molecular weight excluding hydrogens is 220 g/mol. The van der Waals surface area contributed by atoms with Crippen LogP contribution >= 0.6 is 11.3 Å². The number of rotatable bonds is 7. The highest BCUT2D eigenvalue weighted by Gasteiger charge is 2.16. The quantitative estimate of drug-likeness (QED) is 0.798. The van der Waals surface area contributed by atoms with E-state index in [4.69, 9.17) is 9.72 Å². The highest BCUT2D eigenvalue weighted by atomic mass is 32.1. The van der Waals surface area contributed by atoms with E-state index >= 15 is 0 Å². The smallest absolute Gasteiger partial charge is 0.122 e. The van der Waals surface area contributed by atoms with E-state index in [1.807, 2.05) is 14.0 Å². The summed E-state index contributed by atoms with van der Waals surface area (Å²) in [5.74, 6) is 0. The molecule has 0 saturated carbocycles. The molecule has 92 valence electrons. The Morgan fingerprint density at radius 3 is 2.62 bits per heavy atom. The zero-order valence-electron chi connectivity index (χ0n) is 10.7. The number of ether oxygens (including phenoxy) is 1. The van der Waals surface area contributed by atoms with E-state index in [1.165, 1.54) is 10.6 Å². The van der Waals surface area contributed by atoms with Gasteiger partial charge >= 0.3 is 0 Å². The van der Waals surface area contributed by atoms with E-state index in [1.54, 1.807) is 11.3 Å². The summed E-state index contributed by atoms with van der Waals surface area (Å²) in [4.78, 5) is 6.04. The average Bonchev–Trinajstić information content (AvgIpc) is 2.69. The second-order valence-electron chi connectivity index (χ2n) is 3.66. The Labute approximate surface area is 102 Å². The highest BCUT2D eigenvalue weighted by Crippen LogP contribution is 2.28. The van der Waals surface area contributed by atoms with Crippen LogP contribution in [0.1, 0.15) is 48.9 Å². The van der Waals surface area contributed by atoms with Gasteiger partial charge in [0.25, 0.3) is 0 Å². The van der Waals surface area contributed by atoms with Crippen molar-refractivity contribution in [2.45, 2.75) is 46.3 Å². The minimum atomic E-state index is 0.172. The van der Waals surface area contributed by atoms with Gasteiger partial charge < -0.3 is 10.1 Å². The maximum absolute atomic E-state index is 5.70. The molecule has 0 aliphatic rings. The van der Waals surface area contributed by atoms with Gasteiger partial charge in [-0.1, -0.05) is 13.8 Å². The van der Waals surface area contributed by atoms with Gasteiger partial charge in [0.1, 0.15) is 11.1 Å². The van der Waals surface area contributed by atoms with Crippen LogP contribution in [0.15, 0.2) is 0 Å². The molecule has 0 fully saturated rings. The fourth-order valence-corrected chi connectivity index (χ4v) is 2.98. The van der Waals surface area contributed by atoms with Gasteiger partial charge in [0.15, 0.2) is 0 Å². The van der Waals surface area contributed by atoms with E-state index in [2.05, 4.69) is 19.2 Å². The van der Waals surface area contributed by atoms with Crippen LogP contribution in [0.3, 0.4) is 0 Å². The summed E-state index contributed by atoms with van der Waals surface area (Å²) in [6.07, 6.45) is 2.16. The monoisotopic (exact) mass is 242 g/mol. The largest absolute Gasteiger partial charge is 0.371 e. The summed E-state index contributed by atoms with van der Waals surface area (Å²) in [6.45, 7) is 7.99. The molecule has 0 spiro atoms. The van der Waals surface area contributed by atoms with Gasteiger partial charge in [-0.2, -0.15) is 0 Å². The zero-order valence-corrected chi connectivity index (χ0v) is 11.5. The standard InChI is InChI=1S/C12H22N2OS/c1-5-9-11(8-13-4)16-12(14-9)10(6-2)15-7-3/h10,13H,5-8H2,1-4H3. The van der Waals surface area contributed by atoms with Crippen molar-refractivity contribution < 1.29 is 4.74 Å². The normalized spacial score (nSPS) is 13.0. The molecule has 16 heavy (non-hydrogen) atoms. The maximum Gasteiger partial charge on any atom is 0.122 e. The molecule has 0 aromatic carbocycles. The van der Waals surface area contributed by atoms with E-state index in [9.17, 15) is 0 Å². The molecule has 1 aromatic rings. The third-order valence-electron chi connectivity index (χ3n) is 2.48. The predicted octanol–water partition coefficient (Wildman–Crippen LogP) is 2.91. The molecule has 0 aliphatic heterocycles. The van der Waals surface area contributed by atoms with Crippen molar-refractivity contribution in [3.05, 3.63) is 15.6 Å². The first-order valence-electron chi connectivity index (χ1n) is 6.01. The van der Waals surface area contributed by atoms with Crippen molar-refractivity contribution >= 4 is 11.3 Å². The molecular formula is C12H22N2OS. The Hall–Kier alpha value is -0.450. The number of thiazole rings is 1. The second kappa shape index (κ2) is 6.99. The Morgan fingerprint density at radius 2 is 2.12 bits per heavy atom. The van der Waals surface area contributed by atoms with Crippen LogP contribution in [-0.2, 0) is 17.7 Å². The van der Waals surface area contributed by atoms with Crippen molar-refractivity contribution in [3.63, 3.8) is 0 Å². The number of hydrogen-bond acceptors (Lipinski definition) is 4. The van der Waals surface area contributed by atoms with Crippen LogP contribution in [0.2, 0.25) is 0 Å². The van der Waals surface area contributed by atoms with Crippen LogP contribution in [0.4, 0.5) is 0 Å². The predicted molar refractivity (Wildman–Crippen MR) is 68.9 cm³/mol. The van der Waals surface area contributed by atoms with Crippen molar-refractivity contribution in [3.8, 4) is 0 Å². The molecule has 1 N–H and O–H groups in total. The molecule has 1 heterocycles. The molecule has 1 unspecified atom stereocenters. The van der Waals surface area contributed by atoms with Gasteiger partial charge in [-0.25, -0.2) is 4.98 Å². The first kappa shape index (κ1) is 13.6. The summed E-state index contributed by atoms with van der Waals surface area (Å²) >= 11 is 1.78. The van der Waals surface area contributed by atoms with Crippen LogP contribution in [-0.4, -0.2) is 18.6 Å². The van der Waals surface area contributed by atoms with Gasteiger partial charge in [0, 0.05) is 18.0 Å². The zero-order chi connectivity index (χ0) is 12.0. The summed E-state index contributed by atoms with van der Waals surface area (Å²) in [5, 5.41) is 4.32. The molecule has 0 bridgehead atoms. The Kier molecular flexibility index (Phi) is 5.95. The number of nitrogens with zero attached hydrogens (tertiary/aromatic N) is 1. The molecule has 0 amide bonds. The first-order valence-corrected chi connectivity index (χ1v) is 6.83. The molecule has 3 nitrogen and oxygen atoms in total. The van der Waals surface area contributed by atoms with E-state index in [0.29, 0.717) is 0 Å². The highest BCUT2D eigenvalue weighted by molar-refractivity contribution is 7.11. The lowest BCUT2D eigenvalue weighted by atomic mass is 10.2. The molecule has 1 aromatic heterocycles. The Balaban J connectivity index is 2.86. The molecule has 1 rings (SSSR count). The van der Waals surface area contributed by atoms with Crippen LogP contribution < -0.4 is 5.32 Å². The minimum absolute atomic E-state index is 0.172. The molecule has 4 heteroatoms. The Bertz CT molecular complexity index is 312. The summed E-state index contributed by atoms with van der Waals surface area (Å²) in [6, 6.07) is 0. The summed E-state index contributed by atoms with van der Waals surface area (Å²) < 4.78 is 5.70. The van der Waals surface area contributed by atoms with Crippen molar-refractivity contribution in [2.24, 2.45) is 0 Å². The number of nitrogens with one attached hydrogen (secondary N) is 1. The van der Waals surface area contributed by atoms with Crippen LogP contribution in [0, 0.1) is 0 Å². The lowest BCUT2D eigenvalue weighted by Gasteiger charge is -2.11. The van der Waals surface area contributed by atoms with Crippen LogP contribution in [0.25, 0.3) is 0 Å². The fourth-order valence-electron chi connectivity index (χ4n) is 1.68. The van der Waals surface area contributed by atoms with E-state index in [0.717, 1.165) is 31.0 Å². The number of aryl methyl sites for hydroxylation is 1. The third kappa shape index (κ3) is 3.27. The molecule has 0 saturated heterocycles. The van der Waals surface area contributed by atoms with Gasteiger partial charge in [0.05, 0.1) is 5.69 Å². The van der Waals surface area contributed by atoms with Gasteiger partial charge in [0.2, 0.25) is 0 Å². The van der Waals surface area contributed by atoms with Crippen molar-refractivity contribution in [1.82, 2.24) is 10.3 Å². The van der Waals surface area contributed by atoms with E-state index < -0.39 is 0 Å². The summed E-state index contributed by atoms with van der Waals surface area (Å²) in [7, 11) is 1.97. The van der Waals surface area contributed by atoms with Crippen LogP contribution in [0.5, 0.6) is 0 Å². The van der Waals surface area contributed by atoms with Gasteiger partial charge in [-0.15, -0.1) is 11.3 Å². The topological polar surface area (TPSA) is 34.1 Å². The molecule has 1 atom stereocenters. The second-order valence-corrected chi connectivity index (χ2v) is 4.77. The molecule has 0 radical (unpaired) electrons. The van der Waals surface area contributed by atoms with Gasteiger partial charge in [-0.3, -0.25) is 0 Å².